The van der Waals surface area contributed by atoms with Crippen LogP contribution < -0.4 is 10.1 Å². The molecule has 1 aliphatic rings. The fourth-order valence-corrected chi connectivity index (χ4v) is 4.90. The summed E-state index contributed by atoms with van der Waals surface area (Å²) >= 11 is 1.62. The third-order valence-corrected chi connectivity index (χ3v) is 6.63. The van der Waals surface area contributed by atoms with Gasteiger partial charge in [0.25, 0.3) is 0 Å². The molecule has 1 saturated heterocycles. The number of para-hydroxylation sites is 1. The first-order chi connectivity index (χ1) is 15.8. The number of alkyl halides is 1. The number of anilines is 2. The van der Waals surface area contributed by atoms with Crippen molar-refractivity contribution in [2.45, 2.75) is 18.8 Å². The fourth-order valence-electron chi connectivity index (χ4n) is 4.01. The van der Waals surface area contributed by atoms with Crippen LogP contribution in [-0.2, 0) is 0 Å². The summed E-state index contributed by atoms with van der Waals surface area (Å²) in [7, 11) is 0. The maximum absolute atomic E-state index is 12.6. The molecule has 0 radical (unpaired) electrons. The van der Waals surface area contributed by atoms with E-state index in [1.807, 2.05) is 42.5 Å². The molecule has 32 heavy (non-hydrogen) atoms. The Bertz CT molecular complexity index is 1140. The standard InChI is InChI=1S/C24H24FN5OS/c25-11-16-30-14-9-17(10-15-30)22-23(27-13-12-26-22)31-19-7-5-18(6-8-19)28-24-29-20-3-1-2-4-21(20)32-24/h1-8,12-13,17H,9-11,14-16H2,(H,28,29). The summed E-state index contributed by atoms with van der Waals surface area (Å²) in [5, 5.41) is 4.21. The van der Waals surface area contributed by atoms with Crippen molar-refractivity contribution >= 4 is 32.4 Å². The van der Waals surface area contributed by atoms with Crippen molar-refractivity contribution in [1.29, 1.82) is 0 Å². The number of hydrogen-bond acceptors (Lipinski definition) is 7. The van der Waals surface area contributed by atoms with E-state index in [4.69, 9.17) is 4.74 Å². The van der Waals surface area contributed by atoms with Crippen LogP contribution in [0.4, 0.5) is 15.2 Å². The van der Waals surface area contributed by atoms with Gasteiger partial charge in [0, 0.05) is 30.5 Å². The van der Waals surface area contributed by atoms with Crippen LogP contribution in [0, 0.1) is 0 Å². The number of thiazole rings is 1. The first-order valence-electron chi connectivity index (χ1n) is 10.8. The predicted octanol–water partition coefficient (Wildman–Crippen LogP) is 5.77. The molecule has 2 aromatic heterocycles. The Kier molecular flexibility index (Phi) is 6.22. The fraction of sp³-hybridized carbons (Fsp3) is 0.292. The number of ether oxygens (including phenoxy) is 1. The van der Waals surface area contributed by atoms with E-state index in [0.29, 0.717) is 18.2 Å². The minimum atomic E-state index is -0.298. The topological polar surface area (TPSA) is 63.2 Å². The van der Waals surface area contributed by atoms with Crippen molar-refractivity contribution < 1.29 is 9.13 Å². The Labute approximate surface area is 190 Å². The van der Waals surface area contributed by atoms with Gasteiger partial charge >= 0.3 is 0 Å². The monoisotopic (exact) mass is 449 g/mol. The Morgan fingerprint density at radius 3 is 2.59 bits per heavy atom. The van der Waals surface area contributed by atoms with Gasteiger partial charge in [-0.25, -0.2) is 14.4 Å². The summed E-state index contributed by atoms with van der Waals surface area (Å²) in [6.07, 6.45) is 5.22. The Morgan fingerprint density at radius 2 is 1.81 bits per heavy atom. The number of nitrogens with zero attached hydrogens (tertiary/aromatic N) is 4. The van der Waals surface area contributed by atoms with Crippen LogP contribution in [0.2, 0.25) is 0 Å². The molecule has 0 saturated carbocycles. The average Bonchev–Trinajstić information content (AvgIpc) is 3.24. The molecule has 3 heterocycles. The molecule has 0 unspecified atom stereocenters. The molecule has 0 amide bonds. The van der Waals surface area contributed by atoms with E-state index < -0.39 is 0 Å². The number of aromatic nitrogens is 3. The minimum Gasteiger partial charge on any atom is -0.437 e. The van der Waals surface area contributed by atoms with Gasteiger partial charge in [-0.3, -0.25) is 4.98 Å². The van der Waals surface area contributed by atoms with Crippen LogP contribution in [0.25, 0.3) is 10.2 Å². The molecule has 4 aromatic rings. The van der Waals surface area contributed by atoms with E-state index in [2.05, 4.69) is 31.2 Å². The van der Waals surface area contributed by atoms with Crippen LogP contribution in [0.3, 0.4) is 0 Å². The molecule has 1 N–H and O–H groups in total. The van der Waals surface area contributed by atoms with E-state index in [1.54, 1.807) is 23.7 Å². The molecule has 164 valence electrons. The molecule has 6 nitrogen and oxygen atoms in total. The van der Waals surface area contributed by atoms with E-state index in [0.717, 1.165) is 52.7 Å². The van der Waals surface area contributed by atoms with Crippen molar-refractivity contribution in [2.75, 3.05) is 31.6 Å². The number of likely N-dealkylation sites (tertiary alicyclic amines) is 1. The molecule has 1 aliphatic heterocycles. The highest BCUT2D eigenvalue weighted by Crippen LogP contribution is 2.34. The second-order valence-electron chi connectivity index (χ2n) is 7.79. The summed E-state index contributed by atoms with van der Waals surface area (Å²) in [6, 6.07) is 15.8. The van der Waals surface area contributed by atoms with Crippen LogP contribution in [0.1, 0.15) is 24.5 Å². The smallest absolute Gasteiger partial charge is 0.241 e. The lowest BCUT2D eigenvalue weighted by atomic mass is 9.93. The van der Waals surface area contributed by atoms with Gasteiger partial charge in [-0.05, 0) is 62.3 Å². The number of hydrogen-bond donors (Lipinski definition) is 1. The van der Waals surface area contributed by atoms with E-state index >= 15 is 0 Å². The largest absolute Gasteiger partial charge is 0.437 e. The Morgan fingerprint density at radius 1 is 1.03 bits per heavy atom. The first kappa shape index (κ1) is 20.8. The van der Waals surface area contributed by atoms with Gasteiger partial charge < -0.3 is 15.0 Å². The van der Waals surface area contributed by atoms with Crippen molar-refractivity contribution in [3.05, 3.63) is 66.6 Å². The first-order valence-corrected chi connectivity index (χ1v) is 11.6. The van der Waals surface area contributed by atoms with Crippen LogP contribution in [-0.4, -0.2) is 46.2 Å². The van der Waals surface area contributed by atoms with Gasteiger partial charge in [-0.15, -0.1) is 0 Å². The van der Waals surface area contributed by atoms with Crippen molar-refractivity contribution in [3.8, 4) is 11.6 Å². The normalized spacial score (nSPS) is 15.2. The number of benzene rings is 2. The lowest BCUT2D eigenvalue weighted by molar-refractivity contribution is 0.194. The van der Waals surface area contributed by atoms with Crippen LogP contribution in [0.5, 0.6) is 11.6 Å². The highest BCUT2D eigenvalue weighted by molar-refractivity contribution is 7.22. The van der Waals surface area contributed by atoms with E-state index in [1.165, 1.54) is 0 Å². The van der Waals surface area contributed by atoms with Gasteiger partial charge in [-0.1, -0.05) is 23.5 Å². The molecule has 5 rings (SSSR count). The number of halogens is 1. The molecule has 8 heteroatoms. The van der Waals surface area contributed by atoms with Gasteiger partial charge in [0.1, 0.15) is 18.1 Å². The number of rotatable bonds is 7. The van der Waals surface area contributed by atoms with Gasteiger partial charge in [0.05, 0.1) is 10.2 Å². The minimum absolute atomic E-state index is 0.273. The summed E-state index contributed by atoms with van der Waals surface area (Å²) in [4.78, 5) is 15.8. The summed E-state index contributed by atoms with van der Waals surface area (Å²) in [6.45, 7) is 1.95. The molecule has 1 fully saturated rings. The summed E-state index contributed by atoms with van der Waals surface area (Å²) in [5.41, 5.74) is 2.81. The number of nitrogens with one attached hydrogen (secondary N) is 1. The molecule has 0 aliphatic carbocycles. The maximum Gasteiger partial charge on any atom is 0.241 e. The van der Waals surface area contributed by atoms with Gasteiger partial charge in [-0.2, -0.15) is 0 Å². The third kappa shape index (κ3) is 4.71. The third-order valence-electron chi connectivity index (χ3n) is 5.68. The quantitative estimate of drug-likeness (QED) is 0.386. The number of fused-ring (bicyclic) bond motifs is 1. The van der Waals surface area contributed by atoms with Crippen molar-refractivity contribution in [3.63, 3.8) is 0 Å². The highest BCUT2D eigenvalue weighted by atomic mass is 32.1. The second-order valence-corrected chi connectivity index (χ2v) is 8.82. The van der Waals surface area contributed by atoms with E-state index in [9.17, 15) is 4.39 Å². The molecule has 0 spiro atoms. The Hall–Kier alpha value is -3.10. The van der Waals surface area contributed by atoms with Gasteiger partial charge in [0.15, 0.2) is 5.13 Å². The molecular weight excluding hydrogens is 425 g/mol. The van der Waals surface area contributed by atoms with Crippen molar-refractivity contribution in [2.24, 2.45) is 0 Å². The zero-order valence-corrected chi connectivity index (χ0v) is 18.4. The van der Waals surface area contributed by atoms with Crippen LogP contribution >= 0.6 is 11.3 Å². The molecule has 0 atom stereocenters. The molecular formula is C24H24FN5OS. The van der Waals surface area contributed by atoms with Crippen molar-refractivity contribution in [1.82, 2.24) is 19.9 Å². The van der Waals surface area contributed by atoms with Crippen LogP contribution in [0.15, 0.2) is 60.9 Å². The SMILES string of the molecule is FCCN1CCC(c2nccnc2Oc2ccc(Nc3nc4ccccc4s3)cc2)CC1. The zero-order valence-electron chi connectivity index (χ0n) is 17.6. The highest BCUT2D eigenvalue weighted by Gasteiger charge is 2.25. The van der Waals surface area contributed by atoms with Gasteiger partial charge in [0.2, 0.25) is 5.88 Å². The average molecular weight is 450 g/mol. The van der Waals surface area contributed by atoms with E-state index in [-0.39, 0.29) is 12.6 Å². The summed E-state index contributed by atoms with van der Waals surface area (Å²) < 4.78 is 19.9. The zero-order chi connectivity index (χ0) is 21.8. The molecule has 0 bridgehead atoms. The lowest BCUT2D eigenvalue weighted by Crippen LogP contribution is -2.34. The predicted molar refractivity (Wildman–Crippen MR) is 126 cm³/mol. The maximum atomic E-state index is 12.6. The number of piperidine rings is 1. The molecule has 2 aromatic carbocycles. The Balaban J connectivity index is 1.26. The summed E-state index contributed by atoms with van der Waals surface area (Å²) in [5.74, 6) is 1.52. The lowest BCUT2D eigenvalue weighted by Gasteiger charge is -2.31. The second kappa shape index (κ2) is 9.58.